The van der Waals surface area contributed by atoms with Gasteiger partial charge in [-0.2, -0.15) is 5.10 Å². The minimum atomic E-state index is -0.577. The summed E-state index contributed by atoms with van der Waals surface area (Å²) in [7, 11) is 0. The van der Waals surface area contributed by atoms with Gasteiger partial charge in [-0.15, -0.1) is 11.3 Å². The SMILES string of the molecule is Cc1cccc(C)c1N=c1scc(-c2ccccc2)n1N=Cc1ccc([N+](=O)[O-])o1. The number of nitrogens with zero attached hydrogens (tertiary/aromatic N) is 4. The average molecular weight is 418 g/mol. The standard InChI is InChI=1S/C22H18N4O3S/c1-15-7-6-8-16(2)21(15)24-22-25(19(14-30-22)17-9-4-3-5-10-17)23-13-18-11-12-20(29-18)26(27)28/h3-14H,1-2H3. The van der Waals surface area contributed by atoms with Crippen molar-refractivity contribution < 1.29 is 9.34 Å². The number of aromatic nitrogens is 1. The fraction of sp³-hybridized carbons (Fsp3) is 0.0909. The third kappa shape index (κ3) is 3.99. The Bertz CT molecular complexity index is 1280. The van der Waals surface area contributed by atoms with E-state index in [0.717, 1.165) is 28.1 Å². The first-order chi connectivity index (χ1) is 14.5. The molecule has 2 aromatic carbocycles. The molecule has 4 rings (SSSR count). The van der Waals surface area contributed by atoms with Crippen molar-refractivity contribution in [1.82, 2.24) is 4.68 Å². The van der Waals surface area contributed by atoms with Crippen LogP contribution in [-0.2, 0) is 0 Å². The van der Waals surface area contributed by atoms with Crippen LogP contribution in [0.2, 0.25) is 0 Å². The summed E-state index contributed by atoms with van der Waals surface area (Å²) in [5.41, 5.74) is 4.89. The molecular formula is C22H18N4O3S. The summed E-state index contributed by atoms with van der Waals surface area (Å²) < 4.78 is 6.92. The molecule has 7 nitrogen and oxygen atoms in total. The zero-order valence-corrected chi connectivity index (χ0v) is 17.2. The smallest absolute Gasteiger partial charge is 0.400 e. The van der Waals surface area contributed by atoms with Crippen LogP contribution in [0.3, 0.4) is 0 Å². The maximum Gasteiger partial charge on any atom is 0.433 e. The highest BCUT2D eigenvalue weighted by atomic mass is 32.1. The topological polar surface area (TPSA) is 85.9 Å². The van der Waals surface area contributed by atoms with E-state index in [1.54, 1.807) is 4.68 Å². The fourth-order valence-corrected chi connectivity index (χ4v) is 3.84. The van der Waals surface area contributed by atoms with Gasteiger partial charge >= 0.3 is 5.88 Å². The number of hydrogen-bond acceptors (Lipinski definition) is 6. The first-order valence-corrected chi connectivity index (χ1v) is 10.1. The molecule has 0 N–H and O–H groups in total. The molecule has 0 aliphatic rings. The molecule has 0 aliphatic carbocycles. The number of nitro groups is 1. The van der Waals surface area contributed by atoms with Crippen molar-refractivity contribution in [3.8, 4) is 11.3 Å². The van der Waals surface area contributed by atoms with E-state index in [2.05, 4.69) is 5.10 Å². The predicted octanol–water partition coefficient (Wildman–Crippen LogP) is 5.45. The zero-order valence-electron chi connectivity index (χ0n) is 16.4. The zero-order chi connectivity index (χ0) is 21.1. The van der Waals surface area contributed by atoms with E-state index < -0.39 is 4.92 Å². The first-order valence-electron chi connectivity index (χ1n) is 9.18. The van der Waals surface area contributed by atoms with E-state index in [1.165, 1.54) is 29.7 Å². The van der Waals surface area contributed by atoms with Gasteiger partial charge in [0.15, 0.2) is 5.76 Å². The highest BCUT2D eigenvalue weighted by molar-refractivity contribution is 7.07. The minimum absolute atomic E-state index is 0.289. The Kier molecular flexibility index (Phi) is 5.40. The summed E-state index contributed by atoms with van der Waals surface area (Å²) in [4.78, 5) is 15.8. The molecule has 0 spiro atoms. The van der Waals surface area contributed by atoms with Crippen LogP contribution in [0.5, 0.6) is 0 Å². The van der Waals surface area contributed by atoms with Gasteiger partial charge in [0.1, 0.15) is 4.92 Å². The second-order valence-electron chi connectivity index (χ2n) is 6.61. The van der Waals surface area contributed by atoms with Gasteiger partial charge in [0, 0.05) is 10.9 Å². The molecule has 0 atom stereocenters. The number of hydrogen-bond donors (Lipinski definition) is 0. The Morgan fingerprint density at radius 3 is 2.43 bits per heavy atom. The Hall–Kier alpha value is -3.78. The number of rotatable bonds is 5. The lowest BCUT2D eigenvalue weighted by Crippen LogP contribution is -2.11. The van der Waals surface area contributed by atoms with Crippen LogP contribution in [0.15, 0.2) is 80.6 Å². The third-order valence-corrected chi connectivity index (χ3v) is 5.31. The molecule has 4 aromatic rings. The second-order valence-corrected chi connectivity index (χ2v) is 7.45. The molecular weight excluding hydrogens is 400 g/mol. The minimum Gasteiger partial charge on any atom is -0.400 e. The number of aryl methyl sites for hydroxylation is 2. The van der Waals surface area contributed by atoms with Crippen molar-refractivity contribution >= 4 is 29.1 Å². The fourth-order valence-electron chi connectivity index (χ4n) is 3.00. The van der Waals surface area contributed by atoms with E-state index in [-0.39, 0.29) is 11.6 Å². The van der Waals surface area contributed by atoms with Crippen LogP contribution in [-0.4, -0.2) is 15.8 Å². The molecule has 0 fully saturated rings. The van der Waals surface area contributed by atoms with Crippen molar-refractivity contribution in [2.45, 2.75) is 13.8 Å². The number of furan rings is 1. The van der Waals surface area contributed by atoms with Crippen molar-refractivity contribution in [2.24, 2.45) is 10.1 Å². The van der Waals surface area contributed by atoms with Gasteiger partial charge in [-0.25, -0.2) is 9.67 Å². The van der Waals surface area contributed by atoms with Gasteiger partial charge in [-0.05, 0) is 31.0 Å². The van der Waals surface area contributed by atoms with Crippen molar-refractivity contribution in [3.05, 3.63) is 97.8 Å². The van der Waals surface area contributed by atoms with E-state index in [1.807, 2.05) is 67.8 Å². The van der Waals surface area contributed by atoms with Crippen molar-refractivity contribution in [1.29, 1.82) is 0 Å². The first kappa shape index (κ1) is 19.5. The third-order valence-electron chi connectivity index (χ3n) is 4.49. The maximum atomic E-state index is 10.9. The molecule has 0 saturated carbocycles. The molecule has 0 aliphatic heterocycles. The highest BCUT2D eigenvalue weighted by Crippen LogP contribution is 2.24. The Labute approximate surface area is 176 Å². The quantitative estimate of drug-likeness (QED) is 0.245. The van der Waals surface area contributed by atoms with Gasteiger partial charge in [0.05, 0.1) is 23.7 Å². The maximum absolute atomic E-state index is 10.9. The lowest BCUT2D eigenvalue weighted by atomic mass is 10.1. The molecule has 30 heavy (non-hydrogen) atoms. The summed E-state index contributed by atoms with van der Waals surface area (Å²) in [6.45, 7) is 4.04. The van der Waals surface area contributed by atoms with Crippen LogP contribution in [0, 0.1) is 24.0 Å². The van der Waals surface area contributed by atoms with Gasteiger partial charge in [-0.1, -0.05) is 48.5 Å². The molecule has 0 radical (unpaired) electrons. The highest BCUT2D eigenvalue weighted by Gasteiger charge is 2.12. The van der Waals surface area contributed by atoms with Crippen LogP contribution < -0.4 is 4.80 Å². The van der Waals surface area contributed by atoms with E-state index in [4.69, 9.17) is 9.41 Å². The molecule has 0 bridgehead atoms. The van der Waals surface area contributed by atoms with Crippen molar-refractivity contribution in [2.75, 3.05) is 0 Å². The van der Waals surface area contributed by atoms with E-state index >= 15 is 0 Å². The number of thiazole rings is 1. The van der Waals surface area contributed by atoms with Gasteiger partial charge in [0.25, 0.3) is 0 Å². The molecule has 150 valence electrons. The summed E-state index contributed by atoms with van der Waals surface area (Å²) in [5.74, 6) is -0.0343. The Morgan fingerprint density at radius 1 is 1.03 bits per heavy atom. The summed E-state index contributed by atoms with van der Waals surface area (Å²) in [6.07, 6.45) is 1.45. The van der Waals surface area contributed by atoms with Crippen LogP contribution in [0.4, 0.5) is 11.6 Å². The Morgan fingerprint density at radius 2 is 1.77 bits per heavy atom. The summed E-state index contributed by atoms with van der Waals surface area (Å²) in [5, 5.41) is 17.4. The van der Waals surface area contributed by atoms with E-state index in [0.29, 0.717) is 4.80 Å². The Balaban J connectivity index is 1.85. The van der Waals surface area contributed by atoms with Crippen LogP contribution in [0.1, 0.15) is 16.9 Å². The largest absolute Gasteiger partial charge is 0.433 e. The molecule has 2 heterocycles. The molecule has 8 heteroatoms. The lowest BCUT2D eigenvalue weighted by Gasteiger charge is -2.05. The summed E-state index contributed by atoms with van der Waals surface area (Å²) in [6, 6.07) is 18.7. The van der Waals surface area contributed by atoms with E-state index in [9.17, 15) is 10.1 Å². The lowest BCUT2D eigenvalue weighted by molar-refractivity contribution is -0.402. The normalized spacial score (nSPS) is 12.0. The predicted molar refractivity (Wildman–Crippen MR) is 117 cm³/mol. The second kappa shape index (κ2) is 8.30. The van der Waals surface area contributed by atoms with Gasteiger partial charge < -0.3 is 4.42 Å². The number of benzene rings is 2. The summed E-state index contributed by atoms with van der Waals surface area (Å²) >= 11 is 1.47. The molecule has 0 amide bonds. The monoisotopic (exact) mass is 418 g/mol. The van der Waals surface area contributed by atoms with Crippen molar-refractivity contribution in [3.63, 3.8) is 0 Å². The van der Waals surface area contributed by atoms with Gasteiger partial charge in [0.2, 0.25) is 4.80 Å². The average Bonchev–Trinajstić information content (AvgIpc) is 3.37. The molecule has 2 aromatic heterocycles. The molecule has 0 saturated heterocycles. The van der Waals surface area contributed by atoms with Crippen LogP contribution in [0.25, 0.3) is 11.3 Å². The number of para-hydroxylation sites is 1. The van der Waals surface area contributed by atoms with Gasteiger partial charge in [-0.3, -0.25) is 10.1 Å². The molecule has 0 unspecified atom stereocenters. The van der Waals surface area contributed by atoms with Crippen LogP contribution >= 0.6 is 11.3 Å².